The van der Waals surface area contributed by atoms with Crippen molar-refractivity contribution in [3.63, 3.8) is 0 Å². The number of likely N-dealkylation sites (N-methyl/N-ethyl adjacent to an activating group) is 1. The molecule has 1 rings (SSSR count). The van der Waals surface area contributed by atoms with Crippen molar-refractivity contribution in [3.05, 3.63) is 21.3 Å². The van der Waals surface area contributed by atoms with Gasteiger partial charge in [-0.05, 0) is 12.0 Å². The molecule has 0 saturated heterocycles. The van der Waals surface area contributed by atoms with Crippen LogP contribution < -0.4 is 4.90 Å². The van der Waals surface area contributed by atoms with Crippen LogP contribution >= 0.6 is 20.8 Å². The second-order valence-electron chi connectivity index (χ2n) is 4.12. The van der Waals surface area contributed by atoms with Crippen LogP contribution in [-0.2, 0) is 10.9 Å². The highest BCUT2D eigenvalue weighted by atomic mass is 32.1. The van der Waals surface area contributed by atoms with E-state index in [0.717, 1.165) is 0 Å². The molecule has 0 aliphatic carbocycles. The molecule has 9 heteroatoms. The standard InChI is InChI=1S/C12H15N4O3PS/c1-3-8-9(6-13)11(15-12(21)10(8)7-14)16(2)4-5-19-20(17)18/h17-18H,3-5H2,1-2H3,(H,15,21). The maximum atomic E-state index is 9.36. The fourth-order valence-electron chi connectivity index (χ4n) is 1.89. The number of nitrogens with zero attached hydrogens (tertiary/aromatic N) is 3. The summed E-state index contributed by atoms with van der Waals surface area (Å²) in [5.74, 6) is 0.488. The summed E-state index contributed by atoms with van der Waals surface area (Å²) < 4.78 is 4.98. The largest absolute Gasteiger partial charge is 0.358 e. The number of nitrogens with one attached hydrogen (secondary N) is 1. The number of anilines is 1. The van der Waals surface area contributed by atoms with Crippen LogP contribution in [0, 0.1) is 27.3 Å². The molecular weight excluding hydrogens is 311 g/mol. The monoisotopic (exact) mass is 326 g/mol. The molecule has 0 aromatic carbocycles. The molecule has 7 nitrogen and oxygen atoms in total. The van der Waals surface area contributed by atoms with Gasteiger partial charge in [0.15, 0.2) is 0 Å². The number of hydrogen-bond donors (Lipinski definition) is 3. The highest BCUT2D eigenvalue weighted by Crippen LogP contribution is 2.26. The molecular formula is C12H15N4O3PS. The molecule has 21 heavy (non-hydrogen) atoms. The van der Waals surface area contributed by atoms with Gasteiger partial charge in [-0.15, -0.1) is 0 Å². The molecule has 1 heterocycles. The summed E-state index contributed by atoms with van der Waals surface area (Å²) in [5, 5.41) is 18.5. The first-order valence-corrected chi connectivity index (χ1v) is 7.64. The van der Waals surface area contributed by atoms with Gasteiger partial charge in [-0.25, -0.2) is 0 Å². The first-order valence-electron chi connectivity index (χ1n) is 6.07. The van der Waals surface area contributed by atoms with Crippen molar-refractivity contribution < 1.29 is 14.3 Å². The normalized spacial score (nSPS) is 10.2. The van der Waals surface area contributed by atoms with E-state index >= 15 is 0 Å². The van der Waals surface area contributed by atoms with E-state index in [-0.39, 0.29) is 11.2 Å². The van der Waals surface area contributed by atoms with Gasteiger partial charge in [-0.1, -0.05) is 19.1 Å². The first kappa shape index (κ1) is 17.5. The molecule has 0 bridgehead atoms. The fraction of sp³-hybridized carbons (Fsp3) is 0.417. The number of pyridine rings is 1. The lowest BCUT2D eigenvalue weighted by atomic mass is 10.0. The number of H-pyrrole nitrogens is 1. The van der Waals surface area contributed by atoms with Crippen molar-refractivity contribution in [1.82, 2.24) is 4.98 Å². The van der Waals surface area contributed by atoms with Gasteiger partial charge >= 0.3 is 8.60 Å². The number of rotatable bonds is 6. The van der Waals surface area contributed by atoms with E-state index in [4.69, 9.17) is 31.8 Å². The first-order chi connectivity index (χ1) is 9.96. The summed E-state index contributed by atoms with van der Waals surface area (Å²) in [6, 6.07) is 4.11. The molecule has 1 aromatic rings. The summed E-state index contributed by atoms with van der Waals surface area (Å²) in [4.78, 5) is 22.0. The summed E-state index contributed by atoms with van der Waals surface area (Å²) >= 11 is 5.15. The van der Waals surface area contributed by atoms with Crippen LogP contribution in [-0.4, -0.2) is 35.0 Å². The number of hydrogen-bond acceptors (Lipinski definition) is 7. The van der Waals surface area contributed by atoms with Crippen LogP contribution in [0.25, 0.3) is 0 Å². The average molecular weight is 326 g/mol. The van der Waals surface area contributed by atoms with Crippen LogP contribution in [0.15, 0.2) is 0 Å². The highest BCUT2D eigenvalue weighted by molar-refractivity contribution is 7.71. The summed E-state index contributed by atoms with van der Waals surface area (Å²) in [6.07, 6.45) is 0.514. The number of nitriles is 2. The molecule has 0 atom stereocenters. The molecule has 0 aliphatic heterocycles. The van der Waals surface area contributed by atoms with Crippen LogP contribution in [0.5, 0.6) is 0 Å². The van der Waals surface area contributed by atoms with Crippen molar-refractivity contribution in [2.45, 2.75) is 13.3 Å². The molecule has 0 radical (unpaired) electrons. The Balaban J connectivity index is 3.19. The topological polar surface area (TPSA) is 116 Å². The minimum Gasteiger partial charge on any atom is -0.358 e. The quantitative estimate of drug-likeness (QED) is 0.538. The van der Waals surface area contributed by atoms with E-state index in [1.54, 1.807) is 11.9 Å². The molecule has 112 valence electrons. The Kier molecular flexibility index (Phi) is 6.70. The maximum absolute atomic E-state index is 9.36. The Morgan fingerprint density at radius 2 is 1.95 bits per heavy atom. The van der Waals surface area contributed by atoms with E-state index in [2.05, 4.69) is 11.1 Å². The Morgan fingerprint density at radius 3 is 2.43 bits per heavy atom. The molecule has 0 saturated carbocycles. The second kappa shape index (κ2) is 8.04. The number of aromatic nitrogens is 1. The Labute approximate surface area is 129 Å². The van der Waals surface area contributed by atoms with E-state index in [0.29, 0.717) is 35.5 Å². The van der Waals surface area contributed by atoms with Crippen molar-refractivity contribution in [2.75, 3.05) is 25.1 Å². The van der Waals surface area contributed by atoms with E-state index in [1.807, 2.05) is 13.0 Å². The Hall–Kier alpha value is -1.54. The number of aromatic amines is 1. The van der Waals surface area contributed by atoms with E-state index < -0.39 is 8.60 Å². The maximum Gasteiger partial charge on any atom is 0.327 e. The predicted molar refractivity (Wildman–Crippen MR) is 81.0 cm³/mol. The Bertz CT molecular complexity index is 648. The summed E-state index contributed by atoms with van der Waals surface area (Å²) in [7, 11) is -0.685. The van der Waals surface area contributed by atoms with Gasteiger partial charge in [-0.3, -0.25) is 0 Å². The van der Waals surface area contributed by atoms with Crippen molar-refractivity contribution in [3.8, 4) is 12.1 Å². The molecule has 0 aliphatic rings. The third-order valence-electron chi connectivity index (χ3n) is 2.89. The highest BCUT2D eigenvalue weighted by Gasteiger charge is 2.17. The predicted octanol–water partition coefficient (Wildman–Crippen LogP) is 1.71. The molecule has 0 fully saturated rings. The third kappa shape index (κ3) is 4.21. The summed E-state index contributed by atoms with van der Waals surface area (Å²) in [6.45, 7) is 2.26. The molecule has 1 aromatic heterocycles. The summed E-state index contributed by atoms with van der Waals surface area (Å²) in [5.41, 5.74) is 1.28. The molecule has 0 unspecified atom stereocenters. The average Bonchev–Trinajstić information content (AvgIpc) is 2.45. The molecule has 0 spiro atoms. The van der Waals surface area contributed by atoms with Crippen LogP contribution in [0.3, 0.4) is 0 Å². The Morgan fingerprint density at radius 1 is 1.33 bits per heavy atom. The van der Waals surface area contributed by atoms with Crippen molar-refractivity contribution in [1.29, 1.82) is 10.5 Å². The molecule has 0 amide bonds. The zero-order chi connectivity index (χ0) is 16.0. The van der Waals surface area contributed by atoms with Crippen LogP contribution in [0.4, 0.5) is 5.82 Å². The van der Waals surface area contributed by atoms with E-state index in [1.165, 1.54) is 0 Å². The van der Waals surface area contributed by atoms with Gasteiger partial charge in [0, 0.05) is 13.6 Å². The zero-order valence-electron chi connectivity index (χ0n) is 11.6. The zero-order valence-corrected chi connectivity index (χ0v) is 13.3. The third-order valence-corrected chi connectivity index (χ3v) is 3.61. The van der Waals surface area contributed by atoms with Crippen LogP contribution in [0.1, 0.15) is 23.6 Å². The fourth-order valence-corrected chi connectivity index (χ4v) is 2.40. The van der Waals surface area contributed by atoms with Crippen LogP contribution in [0.2, 0.25) is 0 Å². The lowest BCUT2D eigenvalue weighted by molar-refractivity contribution is 0.261. The van der Waals surface area contributed by atoms with Gasteiger partial charge in [0.05, 0.1) is 17.7 Å². The minimum absolute atomic E-state index is 0.0855. The van der Waals surface area contributed by atoms with Gasteiger partial charge in [0.1, 0.15) is 22.6 Å². The lowest BCUT2D eigenvalue weighted by Gasteiger charge is -2.22. The van der Waals surface area contributed by atoms with Crippen molar-refractivity contribution in [2.24, 2.45) is 0 Å². The second-order valence-corrected chi connectivity index (χ2v) is 5.29. The smallest absolute Gasteiger partial charge is 0.327 e. The van der Waals surface area contributed by atoms with Crippen molar-refractivity contribution >= 4 is 26.6 Å². The lowest BCUT2D eigenvalue weighted by Crippen LogP contribution is -2.24. The minimum atomic E-state index is -2.40. The molecule has 3 N–H and O–H groups in total. The van der Waals surface area contributed by atoms with Gasteiger partial charge in [0.25, 0.3) is 0 Å². The van der Waals surface area contributed by atoms with Gasteiger partial charge in [-0.2, -0.15) is 10.5 Å². The van der Waals surface area contributed by atoms with Gasteiger partial charge < -0.3 is 24.2 Å². The van der Waals surface area contributed by atoms with Gasteiger partial charge in [0.2, 0.25) is 0 Å². The van der Waals surface area contributed by atoms with E-state index in [9.17, 15) is 5.26 Å². The SMILES string of the molecule is CCc1c(C#N)c(N(C)CCOP(O)O)[nH]c(=S)c1C#N.